The number of para-hydroxylation sites is 3. The Morgan fingerprint density at radius 3 is 2.19 bits per heavy atom. The SMILES string of the molecule is COc1ccccc1-c1ccccc1/N=C/c1cccc(C(C)(C)c2ccccc2)c1O/C(Cl)=C/Cl. The summed E-state index contributed by atoms with van der Waals surface area (Å²) in [4.78, 5) is 4.86. The van der Waals surface area contributed by atoms with Crippen molar-refractivity contribution in [1.29, 1.82) is 0 Å². The standard InChI is InChI=1S/C31H27Cl2NO2/c1-31(2,23-13-5-4-6-14-23)26-17-11-12-22(30(26)36-29(33)20-32)21-34-27-18-9-7-15-24(27)25-16-8-10-19-28(25)35-3/h4-21H,1-3H3/b29-20+,34-21+. The first-order chi connectivity index (χ1) is 17.5. The quantitative estimate of drug-likeness (QED) is 0.173. The van der Waals surface area contributed by atoms with Gasteiger partial charge in [0.05, 0.1) is 18.3 Å². The van der Waals surface area contributed by atoms with E-state index in [1.807, 2.05) is 84.9 Å². The number of methoxy groups -OCH3 is 1. The molecule has 5 heteroatoms. The lowest BCUT2D eigenvalue weighted by atomic mass is 9.77. The Balaban J connectivity index is 1.82. The Morgan fingerprint density at radius 1 is 0.806 bits per heavy atom. The largest absolute Gasteiger partial charge is 0.496 e. The molecular weight excluding hydrogens is 489 g/mol. The lowest BCUT2D eigenvalue weighted by Gasteiger charge is -2.28. The molecular formula is C31H27Cl2NO2. The lowest BCUT2D eigenvalue weighted by molar-refractivity contribution is 0.416. The van der Waals surface area contributed by atoms with Crippen molar-refractivity contribution in [3.05, 3.63) is 125 Å². The van der Waals surface area contributed by atoms with Crippen LogP contribution in [0.25, 0.3) is 11.1 Å². The van der Waals surface area contributed by atoms with Gasteiger partial charge in [-0.15, -0.1) is 0 Å². The predicted octanol–water partition coefficient (Wildman–Crippen LogP) is 9.09. The van der Waals surface area contributed by atoms with Crippen LogP contribution in [0, 0.1) is 0 Å². The van der Waals surface area contributed by atoms with Crippen molar-refractivity contribution in [1.82, 2.24) is 0 Å². The van der Waals surface area contributed by atoms with Crippen LogP contribution in [-0.4, -0.2) is 13.3 Å². The molecule has 36 heavy (non-hydrogen) atoms. The molecule has 4 aromatic rings. The van der Waals surface area contributed by atoms with Gasteiger partial charge in [0.15, 0.2) is 0 Å². The van der Waals surface area contributed by atoms with Gasteiger partial charge in [-0.05, 0) is 35.4 Å². The molecule has 0 radical (unpaired) electrons. The summed E-state index contributed by atoms with van der Waals surface area (Å²) in [6.45, 7) is 4.31. The minimum absolute atomic E-state index is 0.0806. The zero-order valence-corrected chi connectivity index (χ0v) is 21.9. The molecule has 0 unspecified atom stereocenters. The van der Waals surface area contributed by atoms with Crippen molar-refractivity contribution >= 4 is 35.1 Å². The van der Waals surface area contributed by atoms with E-state index in [-0.39, 0.29) is 10.6 Å². The van der Waals surface area contributed by atoms with E-state index in [2.05, 4.69) is 26.0 Å². The van der Waals surface area contributed by atoms with Crippen molar-refractivity contribution in [2.45, 2.75) is 19.3 Å². The monoisotopic (exact) mass is 515 g/mol. The Bertz CT molecular complexity index is 1390. The van der Waals surface area contributed by atoms with Crippen LogP contribution < -0.4 is 9.47 Å². The molecule has 3 nitrogen and oxygen atoms in total. The molecule has 182 valence electrons. The summed E-state index contributed by atoms with van der Waals surface area (Å²) in [5.74, 6) is 1.39. The first kappa shape index (κ1) is 25.6. The van der Waals surface area contributed by atoms with Gasteiger partial charge >= 0.3 is 0 Å². The molecule has 0 amide bonds. The highest BCUT2D eigenvalue weighted by atomic mass is 35.5. The van der Waals surface area contributed by atoms with Crippen LogP contribution in [0.5, 0.6) is 11.5 Å². The number of halogens is 2. The Morgan fingerprint density at radius 2 is 1.47 bits per heavy atom. The highest BCUT2D eigenvalue weighted by Crippen LogP contribution is 2.40. The maximum absolute atomic E-state index is 6.24. The van der Waals surface area contributed by atoms with Crippen molar-refractivity contribution in [3.8, 4) is 22.6 Å². The van der Waals surface area contributed by atoms with Gasteiger partial charge < -0.3 is 9.47 Å². The molecule has 4 rings (SSSR count). The van der Waals surface area contributed by atoms with Gasteiger partial charge in [0, 0.05) is 33.9 Å². The highest BCUT2D eigenvalue weighted by Gasteiger charge is 2.28. The minimum Gasteiger partial charge on any atom is -0.496 e. The van der Waals surface area contributed by atoms with Crippen molar-refractivity contribution in [2.75, 3.05) is 7.11 Å². The summed E-state index contributed by atoms with van der Waals surface area (Å²) in [6.07, 6.45) is 1.80. The molecule has 0 heterocycles. The first-order valence-corrected chi connectivity index (χ1v) is 12.4. The molecule has 0 saturated carbocycles. The van der Waals surface area contributed by atoms with Gasteiger partial charge in [-0.2, -0.15) is 0 Å². The summed E-state index contributed by atoms with van der Waals surface area (Å²) in [6, 6.07) is 32.1. The van der Waals surface area contributed by atoms with Crippen LogP contribution in [0.2, 0.25) is 0 Å². The molecule has 0 spiro atoms. The van der Waals surface area contributed by atoms with Crippen molar-refractivity contribution in [3.63, 3.8) is 0 Å². The van der Waals surface area contributed by atoms with E-state index < -0.39 is 0 Å². The van der Waals surface area contributed by atoms with Gasteiger partial charge in [-0.1, -0.05) is 104 Å². The molecule has 0 aliphatic rings. The third-order valence-electron chi connectivity index (χ3n) is 6.14. The fourth-order valence-electron chi connectivity index (χ4n) is 4.21. The van der Waals surface area contributed by atoms with Crippen LogP contribution in [-0.2, 0) is 5.41 Å². The summed E-state index contributed by atoms with van der Waals surface area (Å²) >= 11 is 12.1. The number of benzene rings is 4. The zero-order chi connectivity index (χ0) is 25.5. The second-order valence-electron chi connectivity index (χ2n) is 8.71. The third kappa shape index (κ3) is 5.48. The summed E-state index contributed by atoms with van der Waals surface area (Å²) in [7, 11) is 1.67. The molecule has 0 atom stereocenters. The number of hydrogen-bond acceptors (Lipinski definition) is 3. The molecule has 0 N–H and O–H groups in total. The van der Waals surface area contributed by atoms with E-state index in [1.54, 1.807) is 13.3 Å². The van der Waals surface area contributed by atoms with Gasteiger partial charge in [0.2, 0.25) is 5.22 Å². The average molecular weight is 516 g/mol. The highest BCUT2D eigenvalue weighted by molar-refractivity contribution is 6.35. The molecule has 0 aliphatic heterocycles. The molecule has 0 aliphatic carbocycles. The third-order valence-corrected chi connectivity index (χ3v) is 6.64. The molecule has 4 aromatic carbocycles. The van der Waals surface area contributed by atoms with E-state index in [1.165, 1.54) is 5.54 Å². The topological polar surface area (TPSA) is 30.8 Å². The average Bonchev–Trinajstić information content (AvgIpc) is 2.92. The second kappa shape index (κ2) is 11.5. The molecule has 0 fully saturated rings. The van der Waals surface area contributed by atoms with Crippen LogP contribution in [0.3, 0.4) is 0 Å². The number of hydrogen-bond donors (Lipinski definition) is 0. The maximum Gasteiger partial charge on any atom is 0.205 e. The Labute approximate surface area is 222 Å². The van der Waals surface area contributed by atoms with E-state index in [0.717, 1.165) is 39.3 Å². The molecule has 0 saturated heterocycles. The van der Waals surface area contributed by atoms with Crippen LogP contribution in [0.1, 0.15) is 30.5 Å². The number of ether oxygens (including phenoxy) is 2. The Kier molecular flexibility index (Phi) is 8.14. The van der Waals surface area contributed by atoms with E-state index in [9.17, 15) is 0 Å². The number of nitrogens with zero attached hydrogens (tertiary/aromatic N) is 1. The van der Waals surface area contributed by atoms with E-state index in [4.69, 9.17) is 37.7 Å². The smallest absolute Gasteiger partial charge is 0.205 e. The first-order valence-electron chi connectivity index (χ1n) is 11.5. The van der Waals surface area contributed by atoms with Gasteiger partial charge in [0.1, 0.15) is 11.5 Å². The molecule has 0 bridgehead atoms. The zero-order valence-electron chi connectivity index (χ0n) is 20.4. The summed E-state index contributed by atoms with van der Waals surface area (Å²) < 4.78 is 11.6. The minimum atomic E-state index is -0.362. The normalized spacial score (nSPS) is 12.1. The van der Waals surface area contributed by atoms with Crippen LogP contribution in [0.4, 0.5) is 5.69 Å². The summed E-state index contributed by atoms with van der Waals surface area (Å²) in [5, 5.41) is 0.0806. The summed E-state index contributed by atoms with van der Waals surface area (Å²) in [5.41, 5.74) is 6.49. The van der Waals surface area contributed by atoms with Gasteiger partial charge in [-0.3, -0.25) is 4.99 Å². The van der Waals surface area contributed by atoms with E-state index >= 15 is 0 Å². The second-order valence-corrected chi connectivity index (χ2v) is 9.30. The fourth-order valence-corrected chi connectivity index (χ4v) is 4.33. The van der Waals surface area contributed by atoms with Crippen LogP contribution >= 0.6 is 23.2 Å². The van der Waals surface area contributed by atoms with Crippen LogP contribution in [0.15, 0.2) is 113 Å². The van der Waals surface area contributed by atoms with Gasteiger partial charge in [0.25, 0.3) is 0 Å². The van der Waals surface area contributed by atoms with Crippen molar-refractivity contribution < 1.29 is 9.47 Å². The van der Waals surface area contributed by atoms with Gasteiger partial charge in [-0.25, -0.2) is 0 Å². The predicted molar refractivity (Wildman–Crippen MR) is 151 cm³/mol. The van der Waals surface area contributed by atoms with Crippen molar-refractivity contribution in [2.24, 2.45) is 4.99 Å². The number of rotatable bonds is 8. The van der Waals surface area contributed by atoms with E-state index in [0.29, 0.717) is 5.75 Å². The molecule has 0 aromatic heterocycles. The Hall–Kier alpha value is -3.53. The number of aliphatic imine (C=N–C) groups is 1. The fraction of sp³-hybridized carbons (Fsp3) is 0.129. The lowest BCUT2D eigenvalue weighted by Crippen LogP contribution is -2.20. The maximum atomic E-state index is 6.24.